The van der Waals surface area contributed by atoms with E-state index in [1.807, 2.05) is 50.2 Å². The summed E-state index contributed by atoms with van der Waals surface area (Å²) in [7, 11) is 0. The van der Waals surface area contributed by atoms with E-state index in [2.05, 4.69) is 10.3 Å². The second-order valence-electron chi connectivity index (χ2n) is 17.5. The Morgan fingerprint density at radius 1 is 0.951 bits per heavy atom. The zero-order valence-electron chi connectivity index (χ0n) is 34.2. The summed E-state index contributed by atoms with van der Waals surface area (Å²) in [6, 6.07) is 20.5. The number of pyridine rings is 1. The van der Waals surface area contributed by atoms with Gasteiger partial charge < -0.3 is 25.6 Å². The lowest BCUT2D eigenvalue weighted by Gasteiger charge is -2.59. The van der Waals surface area contributed by atoms with Crippen LogP contribution in [0.4, 0.5) is 10.1 Å². The number of rotatable bonds is 12. The SMILES string of the molecule is C[C@]12C=CC(=O)C=C1[C@@H](F)C[C@@H]1C2[C@@H](O)C[C@@]2(C)C1CC[C@@H]2C(=O)COC(=O)c1ccc(C(=O)OCc2ccc(C(CCN)C(=O)Nc3ccc4cnccc4c3)cc2)cc1. The molecule has 3 saturated carbocycles. The van der Waals surface area contributed by atoms with Crippen LogP contribution in [0.5, 0.6) is 0 Å². The molecule has 1 heterocycles. The van der Waals surface area contributed by atoms with Crippen LogP contribution in [0.3, 0.4) is 0 Å². The predicted molar refractivity (Wildman–Crippen MR) is 226 cm³/mol. The van der Waals surface area contributed by atoms with Crippen molar-refractivity contribution in [1.29, 1.82) is 0 Å². The Morgan fingerprint density at radius 2 is 1.67 bits per heavy atom. The minimum Gasteiger partial charge on any atom is -0.457 e. The summed E-state index contributed by atoms with van der Waals surface area (Å²) in [5.41, 5.74) is 7.48. The minimum absolute atomic E-state index is 0.00704. The van der Waals surface area contributed by atoms with Gasteiger partial charge in [-0.3, -0.25) is 19.4 Å². The molecule has 1 amide bonds. The maximum absolute atomic E-state index is 15.7. The van der Waals surface area contributed by atoms with Crippen LogP contribution in [0.25, 0.3) is 10.8 Å². The van der Waals surface area contributed by atoms with Crippen molar-refractivity contribution < 1.29 is 42.9 Å². The Bertz CT molecular complexity index is 2430. The van der Waals surface area contributed by atoms with E-state index in [1.165, 1.54) is 36.4 Å². The number of nitrogens with two attached hydrogens (primary N) is 1. The number of ketones is 2. The number of esters is 2. The molecule has 0 radical (unpaired) electrons. The van der Waals surface area contributed by atoms with Crippen LogP contribution in [0.2, 0.25) is 0 Å². The fourth-order valence-electron chi connectivity index (χ4n) is 11.0. The van der Waals surface area contributed by atoms with Gasteiger partial charge in [0.1, 0.15) is 12.8 Å². The number of Topliss-reactive ketones (excluding diaryl/α,β-unsaturated/α-hetero) is 1. The second-order valence-corrected chi connectivity index (χ2v) is 17.5. The van der Waals surface area contributed by atoms with Crippen molar-refractivity contribution in [3.8, 4) is 0 Å². The summed E-state index contributed by atoms with van der Waals surface area (Å²) < 4.78 is 26.7. The van der Waals surface area contributed by atoms with Gasteiger partial charge in [-0.1, -0.05) is 50.3 Å². The average Bonchev–Trinajstić information content (AvgIpc) is 3.61. The number of carbonyl (C=O) groups excluding carboxylic acids is 5. The average molecular weight is 828 g/mol. The maximum atomic E-state index is 15.7. The summed E-state index contributed by atoms with van der Waals surface area (Å²) >= 11 is 0. The first-order valence-corrected chi connectivity index (χ1v) is 21.0. The van der Waals surface area contributed by atoms with Gasteiger partial charge in [-0.05, 0) is 133 Å². The number of alkyl halides is 1. The summed E-state index contributed by atoms with van der Waals surface area (Å²) in [5, 5.41) is 16.5. The van der Waals surface area contributed by atoms with E-state index in [-0.39, 0.29) is 59.4 Å². The van der Waals surface area contributed by atoms with E-state index in [0.29, 0.717) is 49.1 Å². The summed E-state index contributed by atoms with van der Waals surface area (Å²) in [6.45, 7) is 3.75. The molecule has 3 aromatic carbocycles. The van der Waals surface area contributed by atoms with E-state index in [4.69, 9.17) is 15.2 Å². The lowest BCUT2D eigenvalue weighted by atomic mass is 9.46. The number of nitrogens with one attached hydrogen (secondary N) is 1. The highest BCUT2D eigenvalue weighted by molar-refractivity contribution is 6.01. The Balaban J connectivity index is 0.827. The largest absolute Gasteiger partial charge is 0.457 e. The number of aliphatic hydroxyl groups is 1. The van der Waals surface area contributed by atoms with Gasteiger partial charge in [-0.25, -0.2) is 14.0 Å². The molecule has 61 heavy (non-hydrogen) atoms. The van der Waals surface area contributed by atoms with Crippen molar-refractivity contribution in [2.24, 2.45) is 40.2 Å². The topological polar surface area (TPSA) is 175 Å². The van der Waals surface area contributed by atoms with Crippen molar-refractivity contribution in [3.05, 3.63) is 131 Å². The number of carbonyl (C=O) groups is 5. The van der Waals surface area contributed by atoms with Crippen molar-refractivity contribution in [3.63, 3.8) is 0 Å². The molecule has 12 heteroatoms. The molecule has 316 valence electrons. The van der Waals surface area contributed by atoms with E-state index in [0.717, 1.165) is 16.3 Å². The Kier molecular flexibility index (Phi) is 11.6. The fraction of sp³-hybridized carbons (Fsp3) is 0.388. The number of ether oxygens (including phenoxy) is 2. The first kappa shape index (κ1) is 41.9. The van der Waals surface area contributed by atoms with E-state index < -0.39 is 53.5 Å². The van der Waals surface area contributed by atoms with E-state index in [1.54, 1.807) is 30.6 Å². The zero-order valence-corrected chi connectivity index (χ0v) is 34.2. The smallest absolute Gasteiger partial charge is 0.338 e. The molecule has 3 fully saturated rings. The minimum atomic E-state index is -1.31. The number of anilines is 1. The van der Waals surface area contributed by atoms with E-state index in [9.17, 15) is 29.1 Å². The van der Waals surface area contributed by atoms with Gasteiger partial charge in [-0.2, -0.15) is 0 Å². The predicted octanol–water partition coefficient (Wildman–Crippen LogP) is 7.23. The third-order valence-electron chi connectivity index (χ3n) is 14.0. The number of fused-ring (bicyclic) bond motifs is 6. The number of aromatic nitrogens is 1. The Hall–Kier alpha value is -5.85. The highest BCUT2D eigenvalue weighted by atomic mass is 19.1. The van der Waals surface area contributed by atoms with Gasteiger partial charge in [0, 0.05) is 40.7 Å². The number of hydrogen-bond donors (Lipinski definition) is 3. The highest BCUT2D eigenvalue weighted by Gasteiger charge is 2.64. The van der Waals surface area contributed by atoms with Gasteiger partial charge >= 0.3 is 11.9 Å². The van der Waals surface area contributed by atoms with Gasteiger partial charge in [0.15, 0.2) is 18.2 Å². The zero-order chi connectivity index (χ0) is 43.1. The van der Waals surface area contributed by atoms with Crippen LogP contribution in [-0.4, -0.2) is 64.9 Å². The standard InChI is InChI=1S/C49H50FN3O8/c1-48-18-15-35(54)22-40(48)41(50)23-37-38-13-14-39(49(38,2)24-42(55)44(37)48)43(56)27-61-47(59)31-9-7-30(8-10-31)46(58)60-26-28-3-5-29(6-4-28)36(16-19-51)45(57)53-34-12-11-33-25-52-20-17-32(33)21-34/h3-12,15,17-18,20-22,25,36-39,41-42,44,55H,13-14,16,19,23-24,26-27,51H2,1-2H3,(H,53,57)/t36?,37-,38?,39+,41-,42-,44?,48-,49-/m0/s1. The van der Waals surface area contributed by atoms with Crippen LogP contribution < -0.4 is 11.1 Å². The van der Waals surface area contributed by atoms with E-state index >= 15 is 4.39 Å². The molecular weight excluding hydrogens is 778 g/mol. The monoisotopic (exact) mass is 827 g/mol. The third-order valence-corrected chi connectivity index (χ3v) is 14.0. The van der Waals surface area contributed by atoms with Crippen molar-refractivity contribution >= 4 is 45.9 Å². The van der Waals surface area contributed by atoms with Crippen molar-refractivity contribution in [2.45, 2.75) is 70.8 Å². The molecule has 4 aliphatic rings. The normalized spacial score (nSPS) is 28.1. The number of benzene rings is 3. The molecule has 0 saturated heterocycles. The maximum Gasteiger partial charge on any atom is 0.338 e. The first-order chi connectivity index (χ1) is 29.3. The van der Waals surface area contributed by atoms with Crippen molar-refractivity contribution in [2.75, 3.05) is 18.5 Å². The molecule has 4 aliphatic carbocycles. The number of allylic oxidation sites excluding steroid dienone is 4. The molecule has 3 unspecified atom stereocenters. The molecule has 4 aromatic rings. The number of amides is 1. The summed E-state index contributed by atoms with van der Waals surface area (Å²) in [5.74, 6) is -3.38. The molecule has 8 rings (SSSR count). The van der Waals surface area contributed by atoms with Crippen LogP contribution in [-0.2, 0) is 30.5 Å². The Morgan fingerprint density at radius 3 is 2.39 bits per heavy atom. The summed E-state index contributed by atoms with van der Waals surface area (Å²) in [4.78, 5) is 69.2. The quantitative estimate of drug-likeness (QED) is 0.124. The number of aliphatic hydroxyl groups excluding tert-OH is 1. The van der Waals surface area contributed by atoms with Crippen LogP contribution >= 0.6 is 0 Å². The number of nitrogens with zero attached hydrogens (tertiary/aromatic N) is 1. The molecular formula is C49H50FN3O8. The fourth-order valence-corrected chi connectivity index (χ4v) is 11.0. The van der Waals surface area contributed by atoms with Gasteiger partial charge in [0.25, 0.3) is 0 Å². The molecule has 4 N–H and O–H groups in total. The second kappa shape index (κ2) is 16.9. The highest BCUT2D eigenvalue weighted by Crippen LogP contribution is 2.66. The molecule has 0 bridgehead atoms. The van der Waals surface area contributed by atoms with Crippen LogP contribution in [0.15, 0.2) is 109 Å². The van der Waals surface area contributed by atoms with Gasteiger partial charge in [-0.15, -0.1) is 0 Å². The number of hydrogen-bond acceptors (Lipinski definition) is 10. The molecule has 1 aromatic heterocycles. The van der Waals surface area contributed by atoms with Crippen molar-refractivity contribution in [1.82, 2.24) is 4.98 Å². The lowest BCUT2D eigenvalue weighted by Crippen LogP contribution is -2.58. The molecule has 0 aliphatic heterocycles. The van der Waals surface area contributed by atoms with Crippen LogP contribution in [0, 0.1) is 34.5 Å². The molecule has 0 spiro atoms. The van der Waals surface area contributed by atoms with Gasteiger partial charge in [0.2, 0.25) is 5.91 Å². The Labute approximate surface area is 353 Å². The first-order valence-electron chi connectivity index (χ1n) is 21.0. The summed E-state index contributed by atoms with van der Waals surface area (Å²) in [6.07, 6.45) is 8.20. The van der Waals surface area contributed by atoms with Crippen LogP contribution in [0.1, 0.15) is 83.7 Å². The van der Waals surface area contributed by atoms with Gasteiger partial charge in [0.05, 0.1) is 23.1 Å². The third kappa shape index (κ3) is 8.06. The molecule has 11 nitrogen and oxygen atoms in total. The number of halogens is 1. The molecule has 9 atom stereocenters. The lowest BCUT2D eigenvalue weighted by molar-refractivity contribution is -0.144.